The van der Waals surface area contributed by atoms with Gasteiger partial charge in [-0.2, -0.15) is 0 Å². The summed E-state index contributed by atoms with van der Waals surface area (Å²) in [5.74, 6) is -3.47. The van der Waals surface area contributed by atoms with Gasteiger partial charge >= 0.3 is 0 Å². The molecule has 0 aliphatic rings. The molecule has 2 aromatic carbocycles. The number of aryl methyl sites for hydroxylation is 1. The molecule has 0 heterocycles. The standard InChI is InChI=1S/C18H18F2N2O4/c1-10-6-12(4-5-15(10)22-16(23)9-25-2)21-18(24)11-7-13(19)17(26-3)14(20)8-11/h4-8H,9H2,1-3H3,(H,21,24)(H,22,23). The van der Waals surface area contributed by atoms with Crippen molar-refractivity contribution in [3.8, 4) is 5.75 Å². The Morgan fingerprint density at radius 3 is 2.23 bits per heavy atom. The second kappa shape index (κ2) is 8.39. The topological polar surface area (TPSA) is 76.7 Å². The minimum atomic E-state index is -0.968. The second-order valence-electron chi connectivity index (χ2n) is 5.44. The van der Waals surface area contributed by atoms with E-state index in [1.807, 2.05) is 0 Å². The number of nitrogens with one attached hydrogen (secondary N) is 2. The van der Waals surface area contributed by atoms with Gasteiger partial charge in [0.2, 0.25) is 5.91 Å². The van der Waals surface area contributed by atoms with E-state index >= 15 is 0 Å². The number of carbonyl (C=O) groups excluding carboxylic acids is 2. The van der Waals surface area contributed by atoms with E-state index in [1.54, 1.807) is 25.1 Å². The predicted molar refractivity (Wildman–Crippen MR) is 92.5 cm³/mol. The quantitative estimate of drug-likeness (QED) is 0.826. The number of halogens is 2. The van der Waals surface area contributed by atoms with E-state index in [0.717, 1.165) is 19.2 Å². The third-order valence-electron chi connectivity index (χ3n) is 3.50. The van der Waals surface area contributed by atoms with Crippen LogP contribution in [-0.2, 0) is 9.53 Å². The summed E-state index contributed by atoms with van der Waals surface area (Å²) in [5, 5.41) is 5.21. The Kier molecular flexibility index (Phi) is 6.24. The third kappa shape index (κ3) is 4.54. The van der Waals surface area contributed by atoms with Gasteiger partial charge in [0.25, 0.3) is 5.91 Å². The summed E-state index contributed by atoms with van der Waals surface area (Å²) < 4.78 is 36.8. The van der Waals surface area contributed by atoms with E-state index in [9.17, 15) is 18.4 Å². The van der Waals surface area contributed by atoms with Crippen LogP contribution in [0.15, 0.2) is 30.3 Å². The molecule has 0 fully saturated rings. The number of rotatable bonds is 6. The van der Waals surface area contributed by atoms with E-state index in [4.69, 9.17) is 4.74 Å². The molecule has 0 saturated heterocycles. The fourth-order valence-corrected chi connectivity index (χ4v) is 2.29. The summed E-state index contributed by atoms with van der Waals surface area (Å²) in [6, 6.07) is 6.57. The number of amides is 2. The number of ether oxygens (including phenoxy) is 2. The van der Waals surface area contributed by atoms with Crippen molar-refractivity contribution in [2.45, 2.75) is 6.92 Å². The number of hydrogen-bond acceptors (Lipinski definition) is 4. The molecule has 26 heavy (non-hydrogen) atoms. The van der Waals surface area contributed by atoms with Gasteiger partial charge in [-0.15, -0.1) is 0 Å². The number of anilines is 2. The highest BCUT2D eigenvalue weighted by molar-refractivity contribution is 6.04. The fourth-order valence-electron chi connectivity index (χ4n) is 2.29. The SMILES string of the molecule is COCC(=O)Nc1ccc(NC(=O)c2cc(F)c(OC)c(F)c2)cc1C. The Morgan fingerprint density at radius 2 is 1.69 bits per heavy atom. The lowest BCUT2D eigenvalue weighted by Crippen LogP contribution is -2.18. The minimum absolute atomic E-state index is 0.0769. The molecule has 0 atom stereocenters. The smallest absolute Gasteiger partial charge is 0.255 e. The third-order valence-corrected chi connectivity index (χ3v) is 3.50. The molecule has 0 aliphatic carbocycles. The average molecular weight is 364 g/mol. The van der Waals surface area contributed by atoms with Crippen LogP contribution >= 0.6 is 0 Å². The Balaban J connectivity index is 2.14. The molecule has 138 valence electrons. The molecule has 0 spiro atoms. The van der Waals surface area contributed by atoms with Gasteiger partial charge in [-0.25, -0.2) is 8.78 Å². The van der Waals surface area contributed by atoms with Crippen molar-refractivity contribution in [3.05, 3.63) is 53.1 Å². The average Bonchev–Trinajstić information content (AvgIpc) is 2.57. The molecular formula is C18H18F2N2O4. The van der Waals surface area contributed by atoms with Crippen LogP contribution in [0.4, 0.5) is 20.2 Å². The van der Waals surface area contributed by atoms with Crippen molar-refractivity contribution in [1.82, 2.24) is 0 Å². The zero-order valence-corrected chi connectivity index (χ0v) is 14.5. The summed E-state index contributed by atoms with van der Waals surface area (Å²) >= 11 is 0. The van der Waals surface area contributed by atoms with Gasteiger partial charge in [0.15, 0.2) is 17.4 Å². The highest BCUT2D eigenvalue weighted by atomic mass is 19.1. The van der Waals surface area contributed by atoms with Gasteiger partial charge < -0.3 is 20.1 Å². The molecule has 0 unspecified atom stereocenters. The van der Waals surface area contributed by atoms with Crippen LogP contribution in [0, 0.1) is 18.6 Å². The lowest BCUT2D eigenvalue weighted by Gasteiger charge is -2.12. The van der Waals surface area contributed by atoms with Gasteiger partial charge in [0, 0.05) is 24.0 Å². The molecule has 2 N–H and O–H groups in total. The molecule has 0 radical (unpaired) electrons. The number of hydrogen-bond donors (Lipinski definition) is 2. The normalized spacial score (nSPS) is 10.3. The highest BCUT2D eigenvalue weighted by Crippen LogP contribution is 2.24. The van der Waals surface area contributed by atoms with Gasteiger partial charge in [-0.05, 0) is 42.8 Å². The van der Waals surface area contributed by atoms with Crippen molar-refractivity contribution < 1.29 is 27.8 Å². The van der Waals surface area contributed by atoms with Crippen LogP contribution in [-0.4, -0.2) is 32.6 Å². The molecule has 2 aromatic rings. The van der Waals surface area contributed by atoms with Crippen LogP contribution in [0.25, 0.3) is 0 Å². The number of methoxy groups -OCH3 is 2. The van der Waals surface area contributed by atoms with Crippen molar-refractivity contribution in [2.24, 2.45) is 0 Å². The first kappa shape index (κ1) is 19.3. The lowest BCUT2D eigenvalue weighted by molar-refractivity contribution is -0.119. The first-order valence-corrected chi connectivity index (χ1v) is 7.59. The van der Waals surface area contributed by atoms with Gasteiger partial charge in [-0.3, -0.25) is 9.59 Å². The summed E-state index contributed by atoms with van der Waals surface area (Å²) in [5.41, 5.74) is 1.48. The van der Waals surface area contributed by atoms with Crippen LogP contribution in [0.5, 0.6) is 5.75 Å². The molecule has 0 aromatic heterocycles. The molecular weight excluding hydrogens is 346 g/mol. The molecule has 0 aliphatic heterocycles. The predicted octanol–water partition coefficient (Wildman–Crippen LogP) is 3.12. The number of carbonyl (C=O) groups is 2. The van der Waals surface area contributed by atoms with Crippen molar-refractivity contribution >= 4 is 23.2 Å². The maximum absolute atomic E-state index is 13.7. The zero-order chi connectivity index (χ0) is 19.3. The molecule has 6 nitrogen and oxygen atoms in total. The van der Waals surface area contributed by atoms with Crippen molar-refractivity contribution in [1.29, 1.82) is 0 Å². The maximum Gasteiger partial charge on any atom is 0.255 e. The van der Waals surface area contributed by atoms with Gasteiger partial charge in [0.05, 0.1) is 7.11 Å². The molecule has 2 rings (SSSR count). The summed E-state index contributed by atoms with van der Waals surface area (Å²) in [4.78, 5) is 23.7. The van der Waals surface area contributed by atoms with Crippen LogP contribution in [0.1, 0.15) is 15.9 Å². The van der Waals surface area contributed by atoms with Crippen LogP contribution < -0.4 is 15.4 Å². The Labute approximate surface area is 149 Å². The maximum atomic E-state index is 13.7. The Morgan fingerprint density at radius 1 is 1.04 bits per heavy atom. The van der Waals surface area contributed by atoms with E-state index in [1.165, 1.54) is 7.11 Å². The zero-order valence-electron chi connectivity index (χ0n) is 14.5. The summed E-state index contributed by atoms with van der Waals surface area (Å²) in [6.07, 6.45) is 0. The summed E-state index contributed by atoms with van der Waals surface area (Å²) in [7, 11) is 2.55. The van der Waals surface area contributed by atoms with Gasteiger partial charge in [-0.1, -0.05) is 0 Å². The van der Waals surface area contributed by atoms with Gasteiger partial charge in [0.1, 0.15) is 6.61 Å². The van der Waals surface area contributed by atoms with Crippen molar-refractivity contribution in [2.75, 3.05) is 31.5 Å². The molecule has 2 amide bonds. The fraction of sp³-hybridized carbons (Fsp3) is 0.222. The van der Waals surface area contributed by atoms with Crippen molar-refractivity contribution in [3.63, 3.8) is 0 Å². The first-order valence-electron chi connectivity index (χ1n) is 7.59. The lowest BCUT2D eigenvalue weighted by atomic mass is 10.1. The second-order valence-corrected chi connectivity index (χ2v) is 5.44. The Hall–Kier alpha value is -3.00. The van der Waals surface area contributed by atoms with E-state index in [2.05, 4.69) is 15.4 Å². The van der Waals surface area contributed by atoms with Crippen LogP contribution in [0.2, 0.25) is 0 Å². The highest BCUT2D eigenvalue weighted by Gasteiger charge is 2.16. The molecule has 8 heteroatoms. The summed E-state index contributed by atoms with van der Waals surface area (Å²) in [6.45, 7) is 1.66. The van der Waals surface area contributed by atoms with E-state index < -0.39 is 23.3 Å². The first-order chi connectivity index (χ1) is 12.3. The molecule has 0 saturated carbocycles. The van der Waals surface area contributed by atoms with E-state index in [-0.39, 0.29) is 18.1 Å². The largest absolute Gasteiger partial charge is 0.491 e. The minimum Gasteiger partial charge on any atom is -0.491 e. The number of benzene rings is 2. The molecule has 0 bridgehead atoms. The Bertz CT molecular complexity index is 817. The van der Waals surface area contributed by atoms with E-state index in [0.29, 0.717) is 16.9 Å². The monoisotopic (exact) mass is 364 g/mol. The van der Waals surface area contributed by atoms with Crippen LogP contribution in [0.3, 0.4) is 0 Å².